The normalized spacial score (nSPS) is 24.7. The fraction of sp³-hybridized carbons (Fsp3) is 0.611. The molecular weight excluding hydrogens is 290 g/mol. The Morgan fingerprint density at radius 3 is 3.05 bits per heavy atom. The second-order valence-corrected chi connectivity index (χ2v) is 7.44. The molecule has 2 heterocycles. The Balaban J connectivity index is 1.48. The van der Waals surface area contributed by atoms with Gasteiger partial charge in [-0.2, -0.15) is 0 Å². The number of amidine groups is 1. The molecule has 2 unspecified atom stereocenters. The Bertz CT molecular complexity index is 527. The van der Waals surface area contributed by atoms with Gasteiger partial charge in [0.25, 0.3) is 0 Å². The highest BCUT2D eigenvalue weighted by Gasteiger charge is 2.29. The predicted molar refractivity (Wildman–Crippen MR) is 97.8 cm³/mol. The van der Waals surface area contributed by atoms with Crippen LogP contribution in [0.25, 0.3) is 0 Å². The number of hydrogen-bond donors (Lipinski definition) is 1. The number of thioether (sulfide) groups is 1. The Labute approximate surface area is 138 Å². The van der Waals surface area contributed by atoms with Gasteiger partial charge in [0, 0.05) is 30.1 Å². The van der Waals surface area contributed by atoms with Gasteiger partial charge < -0.3 is 5.32 Å². The van der Waals surface area contributed by atoms with E-state index in [0.29, 0.717) is 0 Å². The molecule has 0 saturated carbocycles. The van der Waals surface area contributed by atoms with Crippen LogP contribution < -0.4 is 5.32 Å². The molecule has 1 saturated heterocycles. The fourth-order valence-electron chi connectivity index (χ4n) is 3.59. The van der Waals surface area contributed by atoms with Crippen molar-refractivity contribution in [1.29, 1.82) is 0 Å². The molecule has 4 heteroatoms. The van der Waals surface area contributed by atoms with Crippen LogP contribution in [0.2, 0.25) is 0 Å². The smallest absolute Gasteiger partial charge is 0.161 e. The van der Waals surface area contributed by atoms with Crippen molar-refractivity contribution in [1.82, 2.24) is 4.90 Å². The average Bonchev–Trinajstić information content (AvgIpc) is 2.88. The van der Waals surface area contributed by atoms with Gasteiger partial charge in [-0.15, -0.1) is 0 Å². The molecule has 2 aliphatic rings. The lowest BCUT2D eigenvalue weighted by Gasteiger charge is -2.28. The summed E-state index contributed by atoms with van der Waals surface area (Å²) in [6.07, 6.45) is 5.39. The number of rotatable bonds is 5. The molecule has 2 atom stereocenters. The summed E-state index contributed by atoms with van der Waals surface area (Å²) in [5.74, 6) is 1.12. The largest absolute Gasteiger partial charge is 0.335 e. The number of nitrogens with zero attached hydrogens (tertiary/aromatic N) is 2. The second kappa shape index (κ2) is 7.51. The van der Waals surface area contributed by atoms with Crippen LogP contribution in [0.5, 0.6) is 0 Å². The van der Waals surface area contributed by atoms with E-state index in [-0.39, 0.29) is 0 Å². The lowest BCUT2D eigenvalue weighted by molar-refractivity contribution is 0.207. The molecular formula is C18H27N3S. The van der Waals surface area contributed by atoms with E-state index in [1.54, 1.807) is 0 Å². The van der Waals surface area contributed by atoms with E-state index in [1.165, 1.54) is 43.5 Å². The zero-order chi connectivity index (χ0) is 15.4. The highest BCUT2D eigenvalue weighted by molar-refractivity contribution is 8.14. The number of likely N-dealkylation sites (tertiary alicyclic amines) is 1. The van der Waals surface area contributed by atoms with Crippen molar-refractivity contribution in [3.05, 3.63) is 29.8 Å². The quantitative estimate of drug-likeness (QED) is 0.874. The minimum absolute atomic E-state index is 0.749. The Hall–Kier alpha value is -1.00. The standard InChI is InChI=1S/C18H27N3S/c1-3-6-16-10-9-14(2)21(16)11-12-22-18-19-13-15-7-4-5-8-17(15)20-18/h4-5,7-8,14,16H,3,6,9-13H2,1-2H3,(H,19,20). The number of fused-ring (bicyclic) bond motifs is 1. The topological polar surface area (TPSA) is 27.6 Å². The molecule has 1 fully saturated rings. The number of hydrogen-bond acceptors (Lipinski definition) is 4. The third kappa shape index (κ3) is 3.66. The summed E-state index contributed by atoms with van der Waals surface area (Å²) in [4.78, 5) is 7.38. The van der Waals surface area contributed by atoms with Gasteiger partial charge in [-0.1, -0.05) is 43.3 Å². The lowest BCUT2D eigenvalue weighted by Crippen LogP contribution is -2.36. The fourth-order valence-corrected chi connectivity index (χ4v) is 4.43. The SMILES string of the molecule is CCCC1CCC(C)N1CCSC1=NCc2ccccc2N1. The van der Waals surface area contributed by atoms with Crippen LogP contribution in [0.15, 0.2) is 29.3 Å². The van der Waals surface area contributed by atoms with Crippen molar-refractivity contribution >= 4 is 22.6 Å². The van der Waals surface area contributed by atoms with Crippen LogP contribution in [0.4, 0.5) is 5.69 Å². The Morgan fingerprint density at radius 2 is 2.18 bits per heavy atom. The molecule has 1 aromatic carbocycles. The maximum atomic E-state index is 4.66. The van der Waals surface area contributed by atoms with Crippen molar-refractivity contribution in [3.8, 4) is 0 Å². The summed E-state index contributed by atoms with van der Waals surface area (Å²) in [7, 11) is 0. The summed E-state index contributed by atoms with van der Waals surface area (Å²) < 4.78 is 0. The number of anilines is 1. The number of benzene rings is 1. The van der Waals surface area contributed by atoms with Crippen LogP contribution in [-0.4, -0.2) is 34.4 Å². The molecule has 1 N–H and O–H groups in total. The van der Waals surface area contributed by atoms with E-state index in [2.05, 4.69) is 53.3 Å². The van der Waals surface area contributed by atoms with Crippen molar-refractivity contribution in [3.63, 3.8) is 0 Å². The molecule has 2 aliphatic heterocycles. The first-order chi connectivity index (χ1) is 10.8. The number of nitrogens with one attached hydrogen (secondary N) is 1. The summed E-state index contributed by atoms with van der Waals surface area (Å²) in [5.41, 5.74) is 2.52. The third-order valence-electron chi connectivity index (χ3n) is 4.81. The summed E-state index contributed by atoms with van der Waals surface area (Å²) in [6, 6.07) is 10.0. The summed E-state index contributed by atoms with van der Waals surface area (Å²) >= 11 is 1.87. The van der Waals surface area contributed by atoms with E-state index in [1.807, 2.05) is 11.8 Å². The van der Waals surface area contributed by atoms with Gasteiger partial charge in [0.1, 0.15) is 0 Å². The monoisotopic (exact) mass is 317 g/mol. The van der Waals surface area contributed by atoms with Gasteiger partial charge in [-0.05, 0) is 37.8 Å². The summed E-state index contributed by atoms with van der Waals surface area (Å²) in [5, 5.41) is 4.55. The number of aliphatic imine (C=N–C) groups is 1. The Morgan fingerprint density at radius 1 is 1.32 bits per heavy atom. The molecule has 0 aromatic heterocycles. The first-order valence-corrected chi connectivity index (χ1v) is 9.54. The van der Waals surface area contributed by atoms with Gasteiger partial charge >= 0.3 is 0 Å². The van der Waals surface area contributed by atoms with Gasteiger partial charge in [0.15, 0.2) is 5.17 Å². The van der Waals surface area contributed by atoms with E-state index in [9.17, 15) is 0 Å². The molecule has 1 aromatic rings. The molecule has 0 radical (unpaired) electrons. The molecule has 0 amide bonds. The molecule has 0 aliphatic carbocycles. The van der Waals surface area contributed by atoms with E-state index < -0.39 is 0 Å². The van der Waals surface area contributed by atoms with E-state index in [0.717, 1.165) is 29.5 Å². The molecule has 3 rings (SSSR count). The van der Waals surface area contributed by atoms with Crippen LogP contribution >= 0.6 is 11.8 Å². The first kappa shape index (κ1) is 15.9. The average molecular weight is 318 g/mol. The van der Waals surface area contributed by atoms with Crippen LogP contribution in [0.3, 0.4) is 0 Å². The van der Waals surface area contributed by atoms with Crippen molar-refractivity contribution in [2.45, 2.75) is 58.2 Å². The summed E-state index contributed by atoms with van der Waals surface area (Å²) in [6.45, 7) is 6.67. The van der Waals surface area contributed by atoms with E-state index >= 15 is 0 Å². The van der Waals surface area contributed by atoms with Crippen molar-refractivity contribution in [2.75, 3.05) is 17.6 Å². The number of para-hydroxylation sites is 1. The molecule has 22 heavy (non-hydrogen) atoms. The second-order valence-electron chi connectivity index (χ2n) is 6.36. The zero-order valence-electron chi connectivity index (χ0n) is 13.7. The highest BCUT2D eigenvalue weighted by atomic mass is 32.2. The molecule has 0 spiro atoms. The van der Waals surface area contributed by atoms with Crippen LogP contribution in [0, 0.1) is 0 Å². The van der Waals surface area contributed by atoms with Crippen LogP contribution in [0.1, 0.15) is 45.1 Å². The van der Waals surface area contributed by atoms with Gasteiger partial charge in [-0.3, -0.25) is 9.89 Å². The van der Waals surface area contributed by atoms with Crippen molar-refractivity contribution in [2.24, 2.45) is 4.99 Å². The van der Waals surface area contributed by atoms with Gasteiger partial charge in [0.2, 0.25) is 0 Å². The van der Waals surface area contributed by atoms with Gasteiger partial charge in [0.05, 0.1) is 6.54 Å². The maximum Gasteiger partial charge on any atom is 0.161 e. The molecule has 120 valence electrons. The van der Waals surface area contributed by atoms with Gasteiger partial charge in [-0.25, -0.2) is 0 Å². The van der Waals surface area contributed by atoms with Crippen LogP contribution in [-0.2, 0) is 6.54 Å². The Kier molecular flexibility index (Phi) is 5.42. The zero-order valence-corrected chi connectivity index (χ0v) is 14.5. The highest BCUT2D eigenvalue weighted by Crippen LogP contribution is 2.28. The maximum absolute atomic E-state index is 4.66. The minimum Gasteiger partial charge on any atom is -0.335 e. The molecule has 3 nitrogen and oxygen atoms in total. The van der Waals surface area contributed by atoms with E-state index in [4.69, 9.17) is 0 Å². The predicted octanol–water partition coefficient (Wildman–Crippen LogP) is 4.35. The first-order valence-electron chi connectivity index (χ1n) is 8.56. The minimum atomic E-state index is 0.749. The lowest BCUT2D eigenvalue weighted by atomic mass is 10.1. The third-order valence-corrected chi connectivity index (χ3v) is 5.71. The molecule has 0 bridgehead atoms. The van der Waals surface area contributed by atoms with Crippen molar-refractivity contribution < 1.29 is 0 Å².